The molecule has 1 rings (SSSR count). The summed E-state index contributed by atoms with van der Waals surface area (Å²) in [6.07, 6.45) is 3.33. The molecule has 1 amide bonds. The van der Waals surface area contributed by atoms with Crippen LogP contribution in [0.25, 0.3) is 0 Å². The standard InChI is InChI=1S/C10H14N2O2/c1-12(8-13)6-4-9-3-5-11-10(7-9)14-2/h3,5,7-8H,4,6H2,1-2H3. The summed E-state index contributed by atoms with van der Waals surface area (Å²) in [4.78, 5) is 15.9. The number of hydrogen-bond acceptors (Lipinski definition) is 3. The van der Waals surface area contributed by atoms with E-state index >= 15 is 0 Å². The van der Waals surface area contributed by atoms with Crippen molar-refractivity contribution >= 4 is 6.41 Å². The van der Waals surface area contributed by atoms with Crippen LogP contribution >= 0.6 is 0 Å². The Bertz CT molecular complexity index is 302. The van der Waals surface area contributed by atoms with Crippen LogP contribution in [0.5, 0.6) is 5.88 Å². The molecule has 0 unspecified atom stereocenters. The van der Waals surface area contributed by atoms with Gasteiger partial charge in [0.05, 0.1) is 7.11 Å². The van der Waals surface area contributed by atoms with Crippen LogP contribution in [-0.4, -0.2) is 37.0 Å². The molecule has 0 aliphatic carbocycles. The molecule has 0 atom stereocenters. The molecule has 0 fully saturated rings. The van der Waals surface area contributed by atoms with Crippen LogP contribution in [0.15, 0.2) is 18.3 Å². The average Bonchev–Trinajstić information content (AvgIpc) is 2.26. The van der Waals surface area contributed by atoms with Crippen LogP contribution in [0.1, 0.15) is 5.56 Å². The number of carbonyl (C=O) groups excluding carboxylic acids is 1. The monoisotopic (exact) mass is 194 g/mol. The maximum atomic E-state index is 10.3. The van der Waals surface area contributed by atoms with Gasteiger partial charge in [-0.3, -0.25) is 4.79 Å². The summed E-state index contributed by atoms with van der Waals surface area (Å²) in [5, 5.41) is 0. The van der Waals surface area contributed by atoms with E-state index in [4.69, 9.17) is 4.74 Å². The fraction of sp³-hybridized carbons (Fsp3) is 0.400. The molecule has 0 radical (unpaired) electrons. The molecular formula is C10H14N2O2. The lowest BCUT2D eigenvalue weighted by atomic mass is 10.2. The number of amides is 1. The largest absolute Gasteiger partial charge is 0.481 e. The van der Waals surface area contributed by atoms with Gasteiger partial charge in [-0.25, -0.2) is 4.98 Å². The van der Waals surface area contributed by atoms with Crippen LogP contribution in [0, 0.1) is 0 Å². The topological polar surface area (TPSA) is 42.4 Å². The van der Waals surface area contributed by atoms with Crippen molar-refractivity contribution < 1.29 is 9.53 Å². The second-order valence-corrected chi connectivity index (χ2v) is 3.04. The third-order valence-corrected chi connectivity index (χ3v) is 1.94. The predicted octanol–water partition coefficient (Wildman–Crippen LogP) is 0.721. The van der Waals surface area contributed by atoms with Crippen LogP contribution in [0.4, 0.5) is 0 Å². The van der Waals surface area contributed by atoms with Gasteiger partial charge in [-0.05, 0) is 18.1 Å². The van der Waals surface area contributed by atoms with Gasteiger partial charge in [-0.2, -0.15) is 0 Å². The SMILES string of the molecule is COc1cc(CCN(C)C=O)ccn1. The molecule has 14 heavy (non-hydrogen) atoms. The Morgan fingerprint density at radius 2 is 2.43 bits per heavy atom. The highest BCUT2D eigenvalue weighted by Gasteiger charge is 1.98. The van der Waals surface area contributed by atoms with E-state index in [-0.39, 0.29) is 0 Å². The molecule has 0 aromatic carbocycles. The molecule has 76 valence electrons. The number of ether oxygens (including phenoxy) is 1. The summed E-state index contributed by atoms with van der Waals surface area (Å²) in [5.41, 5.74) is 1.12. The van der Waals surface area contributed by atoms with Crippen molar-refractivity contribution in [1.29, 1.82) is 0 Å². The first-order valence-electron chi connectivity index (χ1n) is 4.40. The van der Waals surface area contributed by atoms with E-state index in [0.717, 1.165) is 18.4 Å². The lowest BCUT2D eigenvalue weighted by molar-refractivity contribution is -0.116. The lowest BCUT2D eigenvalue weighted by Crippen LogP contribution is -2.18. The molecule has 0 aliphatic heterocycles. The van der Waals surface area contributed by atoms with Crippen LogP contribution in [0.3, 0.4) is 0 Å². The molecule has 0 spiro atoms. The van der Waals surface area contributed by atoms with E-state index in [9.17, 15) is 4.79 Å². The van der Waals surface area contributed by atoms with Crippen molar-refractivity contribution in [2.24, 2.45) is 0 Å². The predicted molar refractivity (Wildman–Crippen MR) is 53.2 cm³/mol. The van der Waals surface area contributed by atoms with Gasteiger partial charge in [0.1, 0.15) is 0 Å². The fourth-order valence-corrected chi connectivity index (χ4v) is 1.08. The highest BCUT2D eigenvalue weighted by Crippen LogP contribution is 2.08. The van der Waals surface area contributed by atoms with Gasteiger partial charge in [0.15, 0.2) is 0 Å². The summed E-state index contributed by atoms with van der Waals surface area (Å²) in [5.74, 6) is 0.608. The molecule has 0 aliphatic rings. The number of aromatic nitrogens is 1. The average molecular weight is 194 g/mol. The Morgan fingerprint density at radius 1 is 1.64 bits per heavy atom. The Morgan fingerprint density at radius 3 is 3.07 bits per heavy atom. The molecular weight excluding hydrogens is 180 g/mol. The van der Waals surface area contributed by atoms with E-state index in [1.54, 1.807) is 25.3 Å². The van der Waals surface area contributed by atoms with Crippen molar-refractivity contribution in [3.63, 3.8) is 0 Å². The Labute approximate surface area is 83.5 Å². The van der Waals surface area contributed by atoms with Gasteiger partial charge in [0.25, 0.3) is 0 Å². The Balaban J connectivity index is 2.54. The number of likely N-dealkylation sites (N-methyl/N-ethyl adjacent to an activating group) is 1. The summed E-state index contributed by atoms with van der Waals surface area (Å²) in [7, 11) is 3.34. The zero-order valence-corrected chi connectivity index (χ0v) is 8.43. The number of nitrogens with zero attached hydrogens (tertiary/aromatic N) is 2. The maximum absolute atomic E-state index is 10.3. The number of carbonyl (C=O) groups is 1. The molecule has 4 heteroatoms. The van der Waals surface area contributed by atoms with Crippen molar-refractivity contribution in [3.05, 3.63) is 23.9 Å². The summed E-state index contributed by atoms with van der Waals surface area (Å²) in [6.45, 7) is 0.705. The number of hydrogen-bond donors (Lipinski definition) is 0. The third kappa shape index (κ3) is 3.05. The zero-order valence-electron chi connectivity index (χ0n) is 8.43. The van der Waals surface area contributed by atoms with E-state index in [2.05, 4.69) is 4.98 Å². The quantitative estimate of drug-likeness (QED) is 0.649. The fourth-order valence-electron chi connectivity index (χ4n) is 1.08. The van der Waals surface area contributed by atoms with Crippen molar-refractivity contribution in [1.82, 2.24) is 9.88 Å². The number of rotatable bonds is 5. The highest BCUT2D eigenvalue weighted by atomic mass is 16.5. The van der Waals surface area contributed by atoms with E-state index in [1.165, 1.54) is 0 Å². The van der Waals surface area contributed by atoms with Crippen molar-refractivity contribution in [2.75, 3.05) is 20.7 Å². The first-order valence-corrected chi connectivity index (χ1v) is 4.40. The minimum absolute atomic E-state index is 0.608. The van der Waals surface area contributed by atoms with Crippen LogP contribution in [0.2, 0.25) is 0 Å². The molecule has 0 bridgehead atoms. The maximum Gasteiger partial charge on any atom is 0.213 e. The minimum Gasteiger partial charge on any atom is -0.481 e. The molecule has 1 aromatic heterocycles. The smallest absolute Gasteiger partial charge is 0.213 e. The molecule has 0 saturated carbocycles. The summed E-state index contributed by atoms with van der Waals surface area (Å²) < 4.78 is 4.99. The lowest BCUT2D eigenvalue weighted by Gasteiger charge is -2.10. The van der Waals surface area contributed by atoms with E-state index in [1.807, 2.05) is 12.1 Å². The number of methoxy groups -OCH3 is 1. The van der Waals surface area contributed by atoms with Gasteiger partial charge >= 0.3 is 0 Å². The highest BCUT2D eigenvalue weighted by molar-refractivity contribution is 5.46. The second kappa shape index (κ2) is 5.21. The molecule has 0 N–H and O–H groups in total. The molecule has 4 nitrogen and oxygen atoms in total. The summed E-state index contributed by atoms with van der Waals surface area (Å²) >= 11 is 0. The summed E-state index contributed by atoms with van der Waals surface area (Å²) in [6, 6.07) is 3.79. The van der Waals surface area contributed by atoms with Gasteiger partial charge < -0.3 is 9.64 Å². The third-order valence-electron chi connectivity index (χ3n) is 1.94. The number of pyridine rings is 1. The van der Waals surface area contributed by atoms with Crippen LogP contribution < -0.4 is 4.74 Å². The van der Waals surface area contributed by atoms with Crippen molar-refractivity contribution in [3.8, 4) is 5.88 Å². The Kier molecular flexibility index (Phi) is 3.91. The van der Waals surface area contributed by atoms with E-state index in [0.29, 0.717) is 12.4 Å². The van der Waals surface area contributed by atoms with Crippen molar-refractivity contribution in [2.45, 2.75) is 6.42 Å². The Hall–Kier alpha value is -1.58. The molecule has 1 heterocycles. The van der Waals surface area contributed by atoms with E-state index < -0.39 is 0 Å². The molecule has 1 aromatic rings. The minimum atomic E-state index is 0.608. The van der Waals surface area contributed by atoms with Gasteiger partial charge in [-0.1, -0.05) is 0 Å². The first-order chi connectivity index (χ1) is 6.76. The van der Waals surface area contributed by atoms with Gasteiger partial charge in [0, 0.05) is 25.9 Å². The molecule has 0 saturated heterocycles. The zero-order chi connectivity index (χ0) is 10.4. The normalized spacial score (nSPS) is 9.57. The first kappa shape index (κ1) is 10.5. The van der Waals surface area contributed by atoms with Gasteiger partial charge in [0.2, 0.25) is 12.3 Å². The van der Waals surface area contributed by atoms with Gasteiger partial charge in [-0.15, -0.1) is 0 Å². The van der Waals surface area contributed by atoms with Crippen LogP contribution in [-0.2, 0) is 11.2 Å². The second-order valence-electron chi connectivity index (χ2n) is 3.04.